The molecule has 2 rings (SSSR count). The van der Waals surface area contributed by atoms with Gasteiger partial charge in [-0.25, -0.2) is 0 Å². The van der Waals surface area contributed by atoms with E-state index in [1.54, 1.807) is 11.8 Å². The van der Waals surface area contributed by atoms with Crippen LogP contribution in [0.5, 0.6) is 5.75 Å². The average Bonchev–Trinajstić information content (AvgIpc) is 2.68. The van der Waals surface area contributed by atoms with Crippen LogP contribution in [-0.2, 0) is 7.05 Å². The lowest BCUT2D eigenvalue weighted by Gasteiger charge is -2.13. The summed E-state index contributed by atoms with van der Waals surface area (Å²) in [6.07, 6.45) is -0.764. The van der Waals surface area contributed by atoms with Gasteiger partial charge in [0.25, 0.3) is 0 Å². The summed E-state index contributed by atoms with van der Waals surface area (Å²) in [5.74, 6) is 0.677. The van der Waals surface area contributed by atoms with Gasteiger partial charge in [0.2, 0.25) is 0 Å². The molecule has 1 atom stereocenters. The Hall–Kier alpha value is -1.81. The van der Waals surface area contributed by atoms with Crippen LogP contribution < -0.4 is 4.74 Å². The monoisotopic (exact) mass is 246 g/mol. The highest BCUT2D eigenvalue weighted by Crippen LogP contribution is 2.30. The van der Waals surface area contributed by atoms with E-state index >= 15 is 0 Å². The zero-order valence-corrected chi connectivity index (χ0v) is 11.1. The summed E-state index contributed by atoms with van der Waals surface area (Å²) < 4.78 is 7.04. The highest BCUT2D eigenvalue weighted by atomic mass is 16.5. The van der Waals surface area contributed by atoms with Crippen molar-refractivity contribution >= 4 is 0 Å². The summed E-state index contributed by atoms with van der Waals surface area (Å²) in [7, 11) is 3.46. The minimum Gasteiger partial charge on any atom is -0.496 e. The zero-order chi connectivity index (χ0) is 13.3. The van der Waals surface area contributed by atoms with Gasteiger partial charge in [-0.3, -0.25) is 4.68 Å². The van der Waals surface area contributed by atoms with Crippen LogP contribution in [0.15, 0.2) is 24.3 Å². The van der Waals surface area contributed by atoms with Crippen molar-refractivity contribution in [3.05, 3.63) is 46.8 Å². The van der Waals surface area contributed by atoms with Crippen LogP contribution in [0.25, 0.3) is 0 Å². The molecule has 0 bridgehead atoms. The predicted molar refractivity (Wildman–Crippen MR) is 69.7 cm³/mol. The Morgan fingerprint density at radius 3 is 2.56 bits per heavy atom. The van der Waals surface area contributed by atoms with Gasteiger partial charge in [0.1, 0.15) is 11.9 Å². The molecule has 18 heavy (non-hydrogen) atoms. The van der Waals surface area contributed by atoms with E-state index in [1.165, 1.54) is 0 Å². The largest absolute Gasteiger partial charge is 0.496 e. The maximum Gasteiger partial charge on any atom is 0.126 e. The Kier molecular flexibility index (Phi) is 3.39. The third-order valence-electron chi connectivity index (χ3n) is 3.09. The van der Waals surface area contributed by atoms with Crippen molar-refractivity contribution in [3.63, 3.8) is 0 Å². The van der Waals surface area contributed by atoms with Gasteiger partial charge in [-0.2, -0.15) is 5.10 Å². The van der Waals surface area contributed by atoms with Crippen LogP contribution in [0.4, 0.5) is 0 Å². The van der Waals surface area contributed by atoms with Gasteiger partial charge in [-0.1, -0.05) is 11.6 Å². The third kappa shape index (κ3) is 2.24. The molecule has 0 aliphatic carbocycles. The summed E-state index contributed by atoms with van der Waals surface area (Å²) >= 11 is 0. The molecule has 0 saturated carbocycles. The number of hydrogen-bond donors (Lipinski definition) is 1. The van der Waals surface area contributed by atoms with Gasteiger partial charge in [0.15, 0.2) is 0 Å². The van der Waals surface area contributed by atoms with E-state index in [9.17, 15) is 5.11 Å². The molecule has 1 heterocycles. The van der Waals surface area contributed by atoms with Gasteiger partial charge >= 0.3 is 0 Å². The third-order valence-corrected chi connectivity index (χ3v) is 3.09. The van der Waals surface area contributed by atoms with Crippen LogP contribution in [-0.4, -0.2) is 22.0 Å². The van der Waals surface area contributed by atoms with Crippen molar-refractivity contribution in [2.45, 2.75) is 20.0 Å². The summed E-state index contributed by atoms with van der Waals surface area (Å²) in [6, 6.07) is 7.63. The van der Waals surface area contributed by atoms with Gasteiger partial charge in [-0.15, -0.1) is 0 Å². The molecule has 0 amide bonds. The molecule has 0 aliphatic rings. The smallest absolute Gasteiger partial charge is 0.126 e. The van der Waals surface area contributed by atoms with Crippen LogP contribution in [0, 0.1) is 13.8 Å². The predicted octanol–water partition coefficient (Wildman–Crippen LogP) is 2.13. The first-order chi connectivity index (χ1) is 8.52. The van der Waals surface area contributed by atoms with E-state index in [2.05, 4.69) is 5.10 Å². The lowest BCUT2D eigenvalue weighted by Crippen LogP contribution is -2.04. The SMILES string of the molecule is COc1ccc(C)cc1C(O)c1cc(C)n(C)n1. The van der Waals surface area contributed by atoms with Crippen molar-refractivity contribution in [2.75, 3.05) is 7.11 Å². The van der Waals surface area contributed by atoms with Crippen molar-refractivity contribution in [1.29, 1.82) is 0 Å². The normalized spacial score (nSPS) is 12.5. The van der Waals surface area contributed by atoms with Crippen LogP contribution in [0.3, 0.4) is 0 Å². The number of methoxy groups -OCH3 is 1. The molecule has 4 heteroatoms. The fourth-order valence-electron chi connectivity index (χ4n) is 1.95. The summed E-state index contributed by atoms with van der Waals surface area (Å²) in [5.41, 5.74) is 3.47. The van der Waals surface area contributed by atoms with Crippen molar-refractivity contribution in [2.24, 2.45) is 7.05 Å². The van der Waals surface area contributed by atoms with Crippen LogP contribution in [0.2, 0.25) is 0 Å². The van der Waals surface area contributed by atoms with Gasteiger partial charge in [0.05, 0.1) is 12.8 Å². The minimum atomic E-state index is -0.764. The lowest BCUT2D eigenvalue weighted by atomic mass is 10.0. The van der Waals surface area contributed by atoms with E-state index in [1.807, 2.05) is 45.2 Å². The molecule has 1 aromatic heterocycles. The number of hydrogen-bond acceptors (Lipinski definition) is 3. The highest BCUT2D eigenvalue weighted by Gasteiger charge is 2.18. The number of aromatic nitrogens is 2. The first kappa shape index (κ1) is 12.6. The Bertz CT molecular complexity index is 541. The number of nitrogens with zero attached hydrogens (tertiary/aromatic N) is 2. The molecule has 1 aromatic carbocycles. The number of aryl methyl sites for hydroxylation is 3. The lowest BCUT2D eigenvalue weighted by molar-refractivity contribution is 0.209. The fraction of sp³-hybridized carbons (Fsp3) is 0.357. The van der Waals surface area contributed by atoms with Gasteiger partial charge in [-0.05, 0) is 32.0 Å². The molecule has 0 spiro atoms. The van der Waals surface area contributed by atoms with E-state index in [0.29, 0.717) is 11.4 Å². The number of rotatable bonds is 3. The standard InChI is InChI=1S/C14H18N2O2/c1-9-5-6-13(18-4)11(7-9)14(17)12-8-10(2)16(3)15-12/h5-8,14,17H,1-4H3. The highest BCUT2D eigenvalue weighted by molar-refractivity contribution is 5.41. The maximum absolute atomic E-state index is 10.4. The minimum absolute atomic E-state index is 0.638. The number of benzene rings is 1. The molecule has 2 aromatic rings. The number of aliphatic hydroxyl groups excluding tert-OH is 1. The Morgan fingerprint density at radius 2 is 2.00 bits per heavy atom. The quantitative estimate of drug-likeness (QED) is 0.902. The fourth-order valence-corrected chi connectivity index (χ4v) is 1.95. The van der Waals surface area contributed by atoms with Gasteiger partial charge in [0, 0.05) is 18.3 Å². The molecule has 4 nitrogen and oxygen atoms in total. The number of aliphatic hydroxyl groups is 1. The van der Waals surface area contributed by atoms with Crippen LogP contribution >= 0.6 is 0 Å². The molecule has 1 N–H and O–H groups in total. The Labute approximate surface area is 107 Å². The molecule has 96 valence electrons. The molecule has 1 unspecified atom stereocenters. The second kappa shape index (κ2) is 4.82. The Balaban J connectivity index is 2.44. The van der Waals surface area contributed by atoms with Crippen molar-refractivity contribution < 1.29 is 9.84 Å². The van der Waals surface area contributed by atoms with Gasteiger partial charge < -0.3 is 9.84 Å². The summed E-state index contributed by atoms with van der Waals surface area (Å²) in [4.78, 5) is 0. The first-order valence-corrected chi connectivity index (χ1v) is 5.86. The zero-order valence-electron chi connectivity index (χ0n) is 11.1. The van der Waals surface area contributed by atoms with E-state index in [0.717, 1.165) is 16.8 Å². The summed E-state index contributed by atoms with van der Waals surface area (Å²) in [6.45, 7) is 3.94. The molecule has 0 radical (unpaired) electrons. The van der Waals surface area contributed by atoms with E-state index < -0.39 is 6.10 Å². The Morgan fingerprint density at radius 1 is 1.28 bits per heavy atom. The number of ether oxygens (including phenoxy) is 1. The second-order valence-corrected chi connectivity index (χ2v) is 4.48. The summed E-state index contributed by atoms with van der Waals surface area (Å²) in [5, 5.41) is 14.7. The topological polar surface area (TPSA) is 47.3 Å². The maximum atomic E-state index is 10.4. The second-order valence-electron chi connectivity index (χ2n) is 4.48. The molecule has 0 aliphatic heterocycles. The average molecular weight is 246 g/mol. The molecular weight excluding hydrogens is 228 g/mol. The van der Waals surface area contributed by atoms with Crippen molar-refractivity contribution in [1.82, 2.24) is 9.78 Å². The molecule has 0 fully saturated rings. The molecular formula is C14H18N2O2. The van der Waals surface area contributed by atoms with E-state index in [4.69, 9.17) is 4.74 Å². The first-order valence-electron chi connectivity index (χ1n) is 5.86. The van der Waals surface area contributed by atoms with E-state index in [-0.39, 0.29) is 0 Å². The molecule has 0 saturated heterocycles. The van der Waals surface area contributed by atoms with Crippen LogP contribution in [0.1, 0.15) is 28.6 Å². The van der Waals surface area contributed by atoms with Crippen molar-refractivity contribution in [3.8, 4) is 5.75 Å².